The molecular weight excluding hydrogens is 412 g/mol. The van der Waals surface area contributed by atoms with Gasteiger partial charge in [-0.15, -0.1) is 5.10 Å². The van der Waals surface area contributed by atoms with E-state index in [2.05, 4.69) is 21.6 Å². The second-order valence-corrected chi connectivity index (χ2v) is 10.7. The molecule has 0 unspecified atom stereocenters. The van der Waals surface area contributed by atoms with Crippen molar-refractivity contribution < 1.29 is 13.2 Å². The van der Waals surface area contributed by atoms with Crippen LogP contribution in [0.2, 0.25) is 0 Å². The molecule has 2 fully saturated rings. The molecule has 1 aromatic heterocycles. The maximum absolute atomic E-state index is 12.5. The van der Waals surface area contributed by atoms with Crippen molar-refractivity contribution in [2.24, 2.45) is 0 Å². The summed E-state index contributed by atoms with van der Waals surface area (Å²) in [5, 5.41) is 13.4. The van der Waals surface area contributed by atoms with E-state index < -0.39 is 9.84 Å². The molecule has 2 aromatic carbocycles. The predicted molar refractivity (Wildman–Crippen MR) is 121 cm³/mol. The largest absolute Gasteiger partial charge is 0.353 e. The first kappa shape index (κ1) is 19.9. The highest BCUT2D eigenvalue weighted by molar-refractivity contribution is 7.91. The smallest absolute Gasteiger partial charge is 0.251 e. The SMILES string of the molecule is Cc1ccc(C(=O)NC2CC2)cc1-c1ccc2c(N3CCS(=O)(=O)CC3)nncc2c1. The predicted octanol–water partition coefficient (Wildman–Crippen LogP) is 2.73. The molecule has 2 aliphatic rings. The molecule has 1 amide bonds. The minimum Gasteiger partial charge on any atom is -0.353 e. The fourth-order valence-electron chi connectivity index (χ4n) is 3.97. The third kappa shape index (κ3) is 4.12. The minimum atomic E-state index is -2.96. The van der Waals surface area contributed by atoms with Gasteiger partial charge < -0.3 is 10.2 Å². The van der Waals surface area contributed by atoms with Gasteiger partial charge in [-0.1, -0.05) is 12.1 Å². The maximum Gasteiger partial charge on any atom is 0.251 e. The number of rotatable bonds is 4. The summed E-state index contributed by atoms with van der Waals surface area (Å²) in [6.07, 6.45) is 3.84. The fourth-order valence-corrected chi connectivity index (χ4v) is 5.17. The first-order chi connectivity index (χ1) is 14.9. The molecule has 8 heteroatoms. The number of carbonyl (C=O) groups excluding carboxylic acids is 1. The quantitative estimate of drug-likeness (QED) is 0.676. The zero-order valence-corrected chi connectivity index (χ0v) is 18.2. The Morgan fingerprint density at radius 2 is 1.87 bits per heavy atom. The van der Waals surface area contributed by atoms with Crippen LogP contribution in [0.5, 0.6) is 0 Å². The molecule has 0 spiro atoms. The zero-order valence-electron chi connectivity index (χ0n) is 17.3. The molecule has 160 valence electrons. The molecular formula is C23H24N4O3S. The van der Waals surface area contributed by atoms with E-state index in [0.29, 0.717) is 30.5 Å². The molecule has 0 atom stereocenters. The summed E-state index contributed by atoms with van der Waals surface area (Å²) in [5.74, 6) is 0.960. The molecule has 0 radical (unpaired) electrons. The van der Waals surface area contributed by atoms with Gasteiger partial charge in [0.15, 0.2) is 15.7 Å². The molecule has 5 rings (SSSR count). The second kappa shape index (κ2) is 7.60. The number of aryl methyl sites for hydroxylation is 1. The van der Waals surface area contributed by atoms with Gasteiger partial charge in [-0.25, -0.2) is 8.42 Å². The summed E-state index contributed by atoms with van der Waals surface area (Å²) in [7, 11) is -2.96. The van der Waals surface area contributed by atoms with Gasteiger partial charge in [0.1, 0.15) is 0 Å². The van der Waals surface area contributed by atoms with E-state index in [1.165, 1.54) is 0 Å². The number of nitrogens with one attached hydrogen (secondary N) is 1. The molecule has 0 bridgehead atoms. The lowest BCUT2D eigenvalue weighted by atomic mass is 9.96. The van der Waals surface area contributed by atoms with Crippen LogP contribution >= 0.6 is 0 Å². The highest BCUT2D eigenvalue weighted by Crippen LogP contribution is 2.31. The lowest BCUT2D eigenvalue weighted by Crippen LogP contribution is -2.40. The molecule has 1 saturated heterocycles. The molecule has 2 heterocycles. The van der Waals surface area contributed by atoms with Gasteiger partial charge in [-0.05, 0) is 60.7 Å². The maximum atomic E-state index is 12.5. The van der Waals surface area contributed by atoms with Gasteiger partial charge in [-0.2, -0.15) is 5.10 Å². The van der Waals surface area contributed by atoms with Crippen LogP contribution in [-0.2, 0) is 9.84 Å². The number of fused-ring (bicyclic) bond motifs is 1. The van der Waals surface area contributed by atoms with Crippen molar-refractivity contribution >= 4 is 32.3 Å². The van der Waals surface area contributed by atoms with Crippen molar-refractivity contribution in [3.05, 3.63) is 53.7 Å². The summed E-state index contributed by atoms with van der Waals surface area (Å²) in [6.45, 7) is 2.89. The average Bonchev–Trinajstić information content (AvgIpc) is 3.57. The molecule has 1 aliphatic heterocycles. The van der Waals surface area contributed by atoms with Crippen molar-refractivity contribution in [1.29, 1.82) is 0 Å². The van der Waals surface area contributed by atoms with Crippen LogP contribution in [0.25, 0.3) is 21.9 Å². The number of anilines is 1. The molecule has 3 aromatic rings. The lowest BCUT2D eigenvalue weighted by molar-refractivity contribution is 0.0951. The number of sulfone groups is 1. The van der Waals surface area contributed by atoms with Gasteiger partial charge in [0, 0.05) is 35.5 Å². The second-order valence-electron chi connectivity index (χ2n) is 8.39. The summed E-state index contributed by atoms with van der Waals surface area (Å²) in [6, 6.07) is 12.2. The van der Waals surface area contributed by atoms with Crippen LogP contribution in [0.3, 0.4) is 0 Å². The first-order valence-electron chi connectivity index (χ1n) is 10.5. The Labute approximate surface area is 181 Å². The number of hydrogen-bond acceptors (Lipinski definition) is 6. The minimum absolute atomic E-state index is 0.0299. The van der Waals surface area contributed by atoms with E-state index in [1.54, 1.807) is 6.20 Å². The van der Waals surface area contributed by atoms with E-state index in [0.717, 1.165) is 40.3 Å². The number of amides is 1. The summed E-state index contributed by atoms with van der Waals surface area (Å²) >= 11 is 0. The van der Waals surface area contributed by atoms with Gasteiger partial charge in [0.05, 0.1) is 17.7 Å². The molecule has 1 saturated carbocycles. The van der Waals surface area contributed by atoms with E-state index in [-0.39, 0.29) is 17.4 Å². The van der Waals surface area contributed by atoms with Crippen molar-refractivity contribution in [2.45, 2.75) is 25.8 Å². The first-order valence-corrected chi connectivity index (χ1v) is 12.3. The monoisotopic (exact) mass is 436 g/mol. The van der Waals surface area contributed by atoms with Gasteiger partial charge in [0.25, 0.3) is 5.91 Å². The van der Waals surface area contributed by atoms with Crippen molar-refractivity contribution in [2.75, 3.05) is 29.5 Å². The summed E-state index contributed by atoms with van der Waals surface area (Å²) in [4.78, 5) is 14.5. The van der Waals surface area contributed by atoms with E-state index >= 15 is 0 Å². The average molecular weight is 437 g/mol. The van der Waals surface area contributed by atoms with Crippen LogP contribution in [-0.4, -0.2) is 55.2 Å². The summed E-state index contributed by atoms with van der Waals surface area (Å²) in [5.41, 5.74) is 3.76. The number of benzene rings is 2. The van der Waals surface area contributed by atoms with Crippen molar-refractivity contribution in [1.82, 2.24) is 15.5 Å². The third-order valence-electron chi connectivity index (χ3n) is 6.01. The van der Waals surface area contributed by atoms with E-state index in [4.69, 9.17) is 0 Å². The van der Waals surface area contributed by atoms with Crippen LogP contribution < -0.4 is 10.2 Å². The number of hydrogen-bond donors (Lipinski definition) is 1. The normalized spacial score (nSPS) is 18.2. The fraction of sp³-hybridized carbons (Fsp3) is 0.348. The van der Waals surface area contributed by atoms with Gasteiger partial charge in [-0.3, -0.25) is 4.79 Å². The zero-order chi connectivity index (χ0) is 21.6. The van der Waals surface area contributed by atoms with E-state index in [1.807, 2.05) is 42.2 Å². The Morgan fingerprint density at radius 3 is 2.61 bits per heavy atom. The number of carbonyl (C=O) groups is 1. The molecule has 1 aliphatic carbocycles. The molecule has 31 heavy (non-hydrogen) atoms. The van der Waals surface area contributed by atoms with Crippen LogP contribution in [0, 0.1) is 6.92 Å². The van der Waals surface area contributed by atoms with Gasteiger partial charge in [0.2, 0.25) is 0 Å². The molecule has 7 nitrogen and oxygen atoms in total. The number of nitrogens with zero attached hydrogens (tertiary/aromatic N) is 3. The van der Waals surface area contributed by atoms with Crippen LogP contribution in [0.1, 0.15) is 28.8 Å². The number of aromatic nitrogens is 2. The van der Waals surface area contributed by atoms with E-state index in [9.17, 15) is 13.2 Å². The standard InChI is InChI=1S/C23H24N4O3S/c1-15-2-3-17(23(28)25-19-5-6-19)13-21(15)16-4-7-20-18(12-16)14-24-26-22(20)27-8-10-31(29,30)11-9-27/h2-4,7,12-14,19H,5-6,8-11H2,1H3,(H,25,28). The Bertz CT molecular complexity index is 1270. The highest BCUT2D eigenvalue weighted by Gasteiger charge is 2.25. The van der Waals surface area contributed by atoms with Crippen LogP contribution in [0.4, 0.5) is 5.82 Å². The van der Waals surface area contributed by atoms with Crippen LogP contribution in [0.15, 0.2) is 42.6 Å². The Balaban J connectivity index is 1.49. The summed E-state index contributed by atoms with van der Waals surface area (Å²) < 4.78 is 23.5. The lowest BCUT2D eigenvalue weighted by Gasteiger charge is -2.28. The topological polar surface area (TPSA) is 92.3 Å². The third-order valence-corrected chi connectivity index (χ3v) is 7.62. The molecule has 1 N–H and O–H groups in total. The van der Waals surface area contributed by atoms with Crippen molar-refractivity contribution in [3.8, 4) is 11.1 Å². The van der Waals surface area contributed by atoms with Gasteiger partial charge >= 0.3 is 0 Å². The Hall–Kier alpha value is -3.00. The Kier molecular flexibility index (Phi) is 4.89. The Morgan fingerprint density at radius 1 is 1.10 bits per heavy atom. The highest BCUT2D eigenvalue weighted by atomic mass is 32.2. The van der Waals surface area contributed by atoms with Crippen molar-refractivity contribution in [3.63, 3.8) is 0 Å².